The van der Waals surface area contributed by atoms with E-state index in [4.69, 9.17) is 10.8 Å². The van der Waals surface area contributed by atoms with Crippen molar-refractivity contribution < 1.29 is 13.9 Å². The fourth-order valence-electron chi connectivity index (χ4n) is 1.73. The van der Waals surface area contributed by atoms with Gasteiger partial charge in [-0.2, -0.15) is 0 Å². The molecule has 0 saturated heterocycles. The van der Waals surface area contributed by atoms with Crippen LogP contribution in [0.4, 0.5) is 8.78 Å². The molecule has 17 heavy (non-hydrogen) atoms. The molecule has 0 spiro atoms. The van der Waals surface area contributed by atoms with Gasteiger partial charge in [-0.15, -0.1) is 0 Å². The predicted octanol–water partition coefficient (Wildman–Crippen LogP) is 1.33. The van der Waals surface area contributed by atoms with Gasteiger partial charge in [-0.05, 0) is 25.5 Å². The van der Waals surface area contributed by atoms with Crippen molar-refractivity contribution in [2.24, 2.45) is 5.73 Å². The molecule has 0 radical (unpaired) electrons. The van der Waals surface area contributed by atoms with Crippen LogP contribution in [0.2, 0.25) is 0 Å². The second-order valence-corrected chi connectivity index (χ2v) is 4.00. The Morgan fingerprint density at radius 3 is 2.41 bits per heavy atom. The maximum Gasteiger partial charge on any atom is 0.130 e. The third-order valence-electron chi connectivity index (χ3n) is 2.63. The number of halogens is 2. The first kappa shape index (κ1) is 14.0. The van der Waals surface area contributed by atoms with Crippen LogP contribution in [-0.2, 0) is 0 Å². The van der Waals surface area contributed by atoms with Crippen molar-refractivity contribution in [2.75, 3.05) is 13.2 Å². The molecule has 96 valence electrons. The summed E-state index contributed by atoms with van der Waals surface area (Å²) in [6.45, 7) is 1.94. The lowest BCUT2D eigenvalue weighted by Gasteiger charge is -2.22. The zero-order chi connectivity index (χ0) is 12.8. The highest BCUT2D eigenvalue weighted by molar-refractivity contribution is 5.23. The first-order chi connectivity index (χ1) is 8.10. The highest BCUT2D eigenvalue weighted by atomic mass is 19.1. The standard InChI is InChI=1S/C12H18F2N2O/c1-8(5-6-17)16-11(7-15)12-9(13)3-2-4-10(12)14/h2-4,8,11,16-17H,5-7,15H2,1H3. The molecule has 4 N–H and O–H groups in total. The molecule has 0 amide bonds. The Labute approximate surface area is 99.6 Å². The van der Waals surface area contributed by atoms with Gasteiger partial charge in [-0.25, -0.2) is 8.78 Å². The van der Waals surface area contributed by atoms with E-state index in [0.717, 1.165) is 0 Å². The van der Waals surface area contributed by atoms with E-state index in [2.05, 4.69) is 5.32 Å². The van der Waals surface area contributed by atoms with E-state index in [1.54, 1.807) is 0 Å². The maximum atomic E-state index is 13.5. The van der Waals surface area contributed by atoms with Crippen LogP contribution in [0, 0.1) is 11.6 Å². The first-order valence-corrected chi connectivity index (χ1v) is 5.61. The van der Waals surface area contributed by atoms with Crippen molar-refractivity contribution in [2.45, 2.75) is 25.4 Å². The van der Waals surface area contributed by atoms with Gasteiger partial charge in [0.2, 0.25) is 0 Å². The molecule has 0 aliphatic carbocycles. The minimum absolute atomic E-state index is 0.0191. The molecular weight excluding hydrogens is 226 g/mol. The van der Waals surface area contributed by atoms with Crippen molar-refractivity contribution in [1.82, 2.24) is 5.32 Å². The quantitative estimate of drug-likeness (QED) is 0.707. The van der Waals surface area contributed by atoms with E-state index in [-0.39, 0.29) is 24.8 Å². The molecule has 2 atom stereocenters. The number of aliphatic hydroxyl groups is 1. The van der Waals surface area contributed by atoms with Crippen LogP contribution in [0.5, 0.6) is 0 Å². The topological polar surface area (TPSA) is 58.3 Å². The Balaban J connectivity index is 2.86. The van der Waals surface area contributed by atoms with Crippen molar-refractivity contribution in [3.63, 3.8) is 0 Å². The van der Waals surface area contributed by atoms with Gasteiger partial charge in [0.25, 0.3) is 0 Å². The lowest BCUT2D eigenvalue weighted by atomic mass is 10.0. The zero-order valence-corrected chi connectivity index (χ0v) is 9.79. The summed E-state index contributed by atoms with van der Waals surface area (Å²) in [5, 5.41) is 11.8. The normalized spacial score (nSPS) is 14.6. The summed E-state index contributed by atoms with van der Waals surface area (Å²) in [5.41, 5.74) is 5.49. The molecule has 0 aliphatic heterocycles. The molecule has 1 aromatic rings. The monoisotopic (exact) mass is 244 g/mol. The van der Waals surface area contributed by atoms with Crippen molar-refractivity contribution >= 4 is 0 Å². The molecule has 2 unspecified atom stereocenters. The van der Waals surface area contributed by atoms with Gasteiger partial charge in [0.15, 0.2) is 0 Å². The van der Waals surface area contributed by atoms with E-state index >= 15 is 0 Å². The van der Waals surface area contributed by atoms with Crippen LogP contribution in [0.25, 0.3) is 0 Å². The van der Waals surface area contributed by atoms with Gasteiger partial charge < -0.3 is 16.2 Å². The number of hydrogen-bond acceptors (Lipinski definition) is 3. The van der Waals surface area contributed by atoms with Crippen molar-refractivity contribution in [3.05, 3.63) is 35.4 Å². The van der Waals surface area contributed by atoms with E-state index in [1.807, 2.05) is 6.92 Å². The Morgan fingerprint density at radius 2 is 1.94 bits per heavy atom. The molecular formula is C12H18F2N2O. The second-order valence-electron chi connectivity index (χ2n) is 4.00. The van der Waals surface area contributed by atoms with E-state index in [9.17, 15) is 8.78 Å². The fourth-order valence-corrected chi connectivity index (χ4v) is 1.73. The summed E-state index contributed by atoms with van der Waals surface area (Å²) < 4.78 is 27.1. The molecule has 0 heterocycles. The minimum atomic E-state index is -0.607. The first-order valence-electron chi connectivity index (χ1n) is 5.61. The third-order valence-corrected chi connectivity index (χ3v) is 2.63. The molecule has 3 nitrogen and oxygen atoms in total. The summed E-state index contributed by atoms with van der Waals surface area (Å²) in [5.74, 6) is -1.21. The SMILES string of the molecule is CC(CCO)NC(CN)c1c(F)cccc1F. The number of benzene rings is 1. The minimum Gasteiger partial charge on any atom is -0.396 e. The third kappa shape index (κ3) is 3.73. The number of rotatable bonds is 6. The van der Waals surface area contributed by atoms with Crippen LogP contribution >= 0.6 is 0 Å². The van der Waals surface area contributed by atoms with Gasteiger partial charge in [0, 0.05) is 24.8 Å². The average molecular weight is 244 g/mol. The van der Waals surface area contributed by atoms with Crippen LogP contribution in [0.15, 0.2) is 18.2 Å². The highest BCUT2D eigenvalue weighted by Gasteiger charge is 2.20. The number of nitrogens with one attached hydrogen (secondary N) is 1. The van der Waals surface area contributed by atoms with Crippen LogP contribution < -0.4 is 11.1 Å². The number of aliphatic hydroxyl groups excluding tert-OH is 1. The molecule has 5 heteroatoms. The summed E-state index contributed by atoms with van der Waals surface area (Å²) in [6, 6.07) is 3.09. The Kier molecular flexibility index (Phi) is 5.47. The van der Waals surface area contributed by atoms with Crippen molar-refractivity contribution in [3.8, 4) is 0 Å². The molecule has 1 rings (SSSR count). The summed E-state index contributed by atoms with van der Waals surface area (Å²) >= 11 is 0. The van der Waals surface area contributed by atoms with Gasteiger partial charge in [0.1, 0.15) is 11.6 Å². The fraction of sp³-hybridized carbons (Fsp3) is 0.500. The van der Waals surface area contributed by atoms with E-state index in [0.29, 0.717) is 6.42 Å². The zero-order valence-electron chi connectivity index (χ0n) is 9.79. The van der Waals surface area contributed by atoms with Crippen LogP contribution in [0.1, 0.15) is 24.9 Å². The summed E-state index contributed by atoms with van der Waals surface area (Å²) in [4.78, 5) is 0. The molecule has 1 aromatic carbocycles. The molecule has 0 fully saturated rings. The largest absolute Gasteiger partial charge is 0.396 e. The van der Waals surface area contributed by atoms with Gasteiger partial charge in [-0.3, -0.25) is 0 Å². The lowest BCUT2D eigenvalue weighted by molar-refractivity contribution is 0.262. The molecule has 0 bridgehead atoms. The van der Waals surface area contributed by atoms with E-state index < -0.39 is 17.7 Å². The van der Waals surface area contributed by atoms with Gasteiger partial charge >= 0.3 is 0 Å². The Bertz CT molecular complexity index is 340. The van der Waals surface area contributed by atoms with Gasteiger partial charge in [0.05, 0.1) is 6.04 Å². The molecule has 0 aliphatic rings. The number of hydrogen-bond donors (Lipinski definition) is 3. The highest BCUT2D eigenvalue weighted by Crippen LogP contribution is 2.20. The Morgan fingerprint density at radius 1 is 1.35 bits per heavy atom. The average Bonchev–Trinajstić information content (AvgIpc) is 2.27. The predicted molar refractivity (Wildman–Crippen MR) is 62.5 cm³/mol. The van der Waals surface area contributed by atoms with Crippen LogP contribution in [0.3, 0.4) is 0 Å². The molecule has 0 aromatic heterocycles. The number of nitrogens with two attached hydrogens (primary N) is 1. The van der Waals surface area contributed by atoms with Gasteiger partial charge in [-0.1, -0.05) is 6.07 Å². The Hall–Kier alpha value is -1.04. The van der Waals surface area contributed by atoms with E-state index in [1.165, 1.54) is 18.2 Å². The van der Waals surface area contributed by atoms with Crippen LogP contribution in [-0.4, -0.2) is 24.3 Å². The summed E-state index contributed by atoms with van der Waals surface area (Å²) in [6.07, 6.45) is 0.507. The maximum absolute atomic E-state index is 13.5. The lowest BCUT2D eigenvalue weighted by Crippen LogP contribution is -2.36. The van der Waals surface area contributed by atoms with Crippen molar-refractivity contribution in [1.29, 1.82) is 0 Å². The second kappa shape index (κ2) is 6.64. The smallest absolute Gasteiger partial charge is 0.130 e. The summed E-state index contributed by atoms with van der Waals surface area (Å²) in [7, 11) is 0. The molecule has 0 saturated carbocycles.